The third kappa shape index (κ3) is 3.39. The monoisotopic (exact) mass is 319 g/mol. The molecule has 0 saturated heterocycles. The minimum atomic E-state index is 0.794. The molecule has 0 amide bonds. The number of aryl methyl sites for hydroxylation is 2. The molecule has 100 valence electrons. The van der Waals surface area contributed by atoms with Crippen LogP contribution in [0.15, 0.2) is 28.7 Å². The molecule has 19 heavy (non-hydrogen) atoms. The van der Waals surface area contributed by atoms with Crippen molar-refractivity contribution in [3.05, 3.63) is 45.7 Å². The largest absolute Gasteiger partial charge is 0.313 e. The Bertz CT molecular complexity index is 541. The van der Waals surface area contributed by atoms with Crippen LogP contribution >= 0.6 is 15.9 Å². The Labute approximate surface area is 122 Å². The number of nitrogens with zero attached hydrogens (tertiary/aromatic N) is 2. The van der Waals surface area contributed by atoms with Crippen LogP contribution in [0, 0.1) is 13.8 Å². The van der Waals surface area contributed by atoms with Crippen molar-refractivity contribution < 1.29 is 0 Å². The van der Waals surface area contributed by atoms with Crippen molar-refractivity contribution in [2.24, 2.45) is 0 Å². The normalized spacial score (nSPS) is 10.7. The SMILES string of the molecule is CCNCc1c(C)nc(-c2ccc(Br)cc2)nc1C. The van der Waals surface area contributed by atoms with E-state index in [9.17, 15) is 0 Å². The second-order valence-corrected chi connectivity index (χ2v) is 5.40. The van der Waals surface area contributed by atoms with Gasteiger partial charge in [-0.05, 0) is 32.5 Å². The van der Waals surface area contributed by atoms with E-state index in [1.807, 2.05) is 38.1 Å². The number of hydrogen-bond acceptors (Lipinski definition) is 3. The van der Waals surface area contributed by atoms with Gasteiger partial charge in [-0.25, -0.2) is 9.97 Å². The molecule has 4 heteroatoms. The molecule has 0 aliphatic carbocycles. The Morgan fingerprint density at radius 1 is 1.05 bits per heavy atom. The Kier molecular flexibility index (Phi) is 4.66. The van der Waals surface area contributed by atoms with Crippen LogP contribution in [-0.2, 0) is 6.54 Å². The topological polar surface area (TPSA) is 37.8 Å². The fourth-order valence-electron chi connectivity index (χ4n) is 1.97. The third-order valence-corrected chi connectivity index (χ3v) is 3.60. The first kappa shape index (κ1) is 14.2. The molecule has 0 atom stereocenters. The van der Waals surface area contributed by atoms with Crippen molar-refractivity contribution in [3.8, 4) is 11.4 Å². The highest BCUT2D eigenvalue weighted by Crippen LogP contribution is 2.21. The first-order valence-corrected chi connectivity index (χ1v) is 7.22. The summed E-state index contributed by atoms with van der Waals surface area (Å²) >= 11 is 3.44. The summed E-state index contributed by atoms with van der Waals surface area (Å²) in [7, 11) is 0. The highest BCUT2D eigenvalue weighted by atomic mass is 79.9. The molecule has 2 aromatic rings. The predicted octanol–water partition coefficient (Wildman–Crippen LogP) is 3.63. The highest BCUT2D eigenvalue weighted by molar-refractivity contribution is 9.10. The van der Waals surface area contributed by atoms with Gasteiger partial charge in [0, 0.05) is 33.5 Å². The molecule has 0 aliphatic rings. The number of aromatic nitrogens is 2. The maximum absolute atomic E-state index is 4.62. The fourth-order valence-corrected chi connectivity index (χ4v) is 2.24. The summed E-state index contributed by atoms with van der Waals surface area (Å²) in [6.45, 7) is 7.97. The van der Waals surface area contributed by atoms with E-state index in [1.54, 1.807) is 0 Å². The van der Waals surface area contributed by atoms with E-state index in [2.05, 4.69) is 38.1 Å². The van der Waals surface area contributed by atoms with Gasteiger partial charge in [0.05, 0.1) is 0 Å². The van der Waals surface area contributed by atoms with Gasteiger partial charge in [-0.15, -0.1) is 0 Å². The zero-order valence-electron chi connectivity index (χ0n) is 11.5. The van der Waals surface area contributed by atoms with E-state index in [0.29, 0.717) is 0 Å². The van der Waals surface area contributed by atoms with Gasteiger partial charge in [-0.3, -0.25) is 0 Å². The van der Waals surface area contributed by atoms with Crippen LogP contribution in [0.5, 0.6) is 0 Å². The smallest absolute Gasteiger partial charge is 0.159 e. The first-order chi connectivity index (χ1) is 9.11. The molecule has 0 fully saturated rings. The maximum atomic E-state index is 4.62. The minimum absolute atomic E-state index is 0.794. The lowest BCUT2D eigenvalue weighted by molar-refractivity contribution is 0.711. The van der Waals surface area contributed by atoms with Crippen molar-refractivity contribution in [1.82, 2.24) is 15.3 Å². The average Bonchev–Trinajstić information content (AvgIpc) is 2.38. The van der Waals surface area contributed by atoms with Crippen LogP contribution in [0.25, 0.3) is 11.4 Å². The maximum Gasteiger partial charge on any atom is 0.159 e. The van der Waals surface area contributed by atoms with Gasteiger partial charge >= 0.3 is 0 Å². The van der Waals surface area contributed by atoms with Crippen molar-refractivity contribution in [2.45, 2.75) is 27.3 Å². The zero-order chi connectivity index (χ0) is 13.8. The van der Waals surface area contributed by atoms with Crippen LogP contribution < -0.4 is 5.32 Å². The summed E-state index contributed by atoms with van der Waals surface area (Å²) < 4.78 is 1.06. The molecule has 1 heterocycles. The summed E-state index contributed by atoms with van der Waals surface area (Å²) in [5, 5.41) is 3.33. The van der Waals surface area contributed by atoms with Gasteiger partial charge in [0.1, 0.15) is 0 Å². The Balaban J connectivity index is 2.36. The van der Waals surface area contributed by atoms with Gasteiger partial charge in [-0.1, -0.05) is 35.0 Å². The third-order valence-electron chi connectivity index (χ3n) is 3.07. The first-order valence-electron chi connectivity index (χ1n) is 6.42. The molecule has 0 saturated carbocycles. The molecule has 2 rings (SSSR count). The molecule has 1 aromatic heterocycles. The van der Waals surface area contributed by atoms with Crippen LogP contribution in [-0.4, -0.2) is 16.5 Å². The molecular formula is C15H18BrN3. The molecule has 0 spiro atoms. The Morgan fingerprint density at radius 3 is 2.16 bits per heavy atom. The molecule has 3 nitrogen and oxygen atoms in total. The summed E-state index contributed by atoms with van der Waals surface area (Å²) in [6.07, 6.45) is 0. The second kappa shape index (κ2) is 6.26. The van der Waals surface area contributed by atoms with Gasteiger partial charge in [0.15, 0.2) is 5.82 Å². The lowest BCUT2D eigenvalue weighted by Gasteiger charge is -2.11. The van der Waals surface area contributed by atoms with E-state index < -0.39 is 0 Å². The number of hydrogen-bond donors (Lipinski definition) is 1. The van der Waals surface area contributed by atoms with Crippen LogP contribution in [0.4, 0.5) is 0 Å². The van der Waals surface area contributed by atoms with Crippen LogP contribution in [0.1, 0.15) is 23.9 Å². The summed E-state index contributed by atoms with van der Waals surface area (Å²) in [6, 6.07) is 8.08. The molecule has 0 bridgehead atoms. The number of rotatable bonds is 4. The van der Waals surface area contributed by atoms with Crippen molar-refractivity contribution in [1.29, 1.82) is 0 Å². The molecule has 1 N–H and O–H groups in total. The van der Waals surface area contributed by atoms with E-state index in [-0.39, 0.29) is 0 Å². The van der Waals surface area contributed by atoms with Gasteiger partial charge in [0.2, 0.25) is 0 Å². The van der Waals surface area contributed by atoms with Crippen LogP contribution in [0.2, 0.25) is 0 Å². The Hall–Kier alpha value is -1.26. The van der Waals surface area contributed by atoms with E-state index in [4.69, 9.17) is 0 Å². The molecule has 0 aliphatic heterocycles. The standard InChI is InChI=1S/C15H18BrN3/c1-4-17-9-14-10(2)18-15(19-11(14)3)12-5-7-13(16)8-6-12/h5-8,17H,4,9H2,1-3H3. The lowest BCUT2D eigenvalue weighted by Crippen LogP contribution is -2.15. The van der Waals surface area contributed by atoms with Crippen molar-refractivity contribution in [3.63, 3.8) is 0 Å². The fraction of sp³-hybridized carbons (Fsp3) is 0.333. The summed E-state index contributed by atoms with van der Waals surface area (Å²) in [5.74, 6) is 0.794. The molecule has 0 radical (unpaired) electrons. The summed E-state index contributed by atoms with van der Waals surface area (Å²) in [5.41, 5.74) is 4.34. The zero-order valence-corrected chi connectivity index (χ0v) is 13.1. The average molecular weight is 320 g/mol. The highest BCUT2D eigenvalue weighted by Gasteiger charge is 2.09. The molecular weight excluding hydrogens is 302 g/mol. The summed E-state index contributed by atoms with van der Waals surface area (Å²) in [4.78, 5) is 9.24. The van der Waals surface area contributed by atoms with Crippen molar-refractivity contribution in [2.75, 3.05) is 6.54 Å². The van der Waals surface area contributed by atoms with Crippen molar-refractivity contribution >= 4 is 15.9 Å². The quantitative estimate of drug-likeness (QED) is 0.935. The Morgan fingerprint density at radius 2 is 1.63 bits per heavy atom. The van der Waals surface area contributed by atoms with Gasteiger partial charge in [0.25, 0.3) is 0 Å². The van der Waals surface area contributed by atoms with Gasteiger partial charge < -0.3 is 5.32 Å². The van der Waals surface area contributed by atoms with Crippen LogP contribution in [0.3, 0.4) is 0 Å². The van der Waals surface area contributed by atoms with E-state index in [0.717, 1.165) is 40.3 Å². The van der Waals surface area contributed by atoms with E-state index in [1.165, 1.54) is 5.56 Å². The predicted molar refractivity (Wildman–Crippen MR) is 82.0 cm³/mol. The number of benzene rings is 1. The molecule has 1 aromatic carbocycles. The number of nitrogens with one attached hydrogen (secondary N) is 1. The molecule has 0 unspecified atom stereocenters. The number of halogens is 1. The lowest BCUT2D eigenvalue weighted by atomic mass is 10.1. The second-order valence-electron chi connectivity index (χ2n) is 4.48. The van der Waals surface area contributed by atoms with Gasteiger partial charge in [-0.2, -0.15) is 0 Å². The minimum Gasteiger partial charge on any atom is -0.313 e. The van der Waals surface area contributed by atoms with E-state index >= 15 is 0 Å².